The fraction of sp³-hybridized carbons (Fsp3) is 0.625. The molecular weight excluding hydrogens is 234 g/mol. The second-order valence-corrected chi connectivity index (χ2v) is 5.38. The number of hydrogen-bond acceptors (Lipinski definition) is 3. The Labute approximate surface area is 117 Å². The predicted molar refractivity (Wildman–Crippen MR) is 81.5 cm³/mol. The molecule has 1 fully saturated rings. The van der Waals surface area contributed by atoms with E-state index in [1.807, 2.05) is 0 Å². The molecule has 1 aromatic carbocycles. The molecule has 3 nitrogen and oxygen atoms in total. The van der Waals surface area contributed by atoms with E-state index in [-0.39, 0.29) is 0 Å². The molecule has 1 saturated heterocycles. The van der Waals surface area contributed by atoms with E-state index in [9.17, 15) is 0 Å². The van der Waals surface area contributed by atoms with Crippen LogP contribution in [0.4, 0.5) is 0 Å². The van der Waals surface area contributed by atoms with Crippen LogP contribution in [0.3, 0.4) is 0 Å². The molecule has 1 unspecified atom stereocenters. The van der Waals surface area contributed by atoms with Gasteiger partial charge in [0.05, 0.1) is 0 Å². The van der Waals surface area contributed by atoms with Crippen LogP contribution < -0.4 is 10.6 Å². The standard InChI is InChI=1S/C16H27N3/c1-3-4-14-5-7-15(8-6-14)16(17-2)13-19-11-9-18-10-12-19/h5-8,16-18H,3-4,9-13H2,1-2H3. The van der Waals surface area contributed by atoms with Crippen LogP contribution in [-0.4, -0.2) is 44.7 Å². The lowest BCUT2D eigenvalue weighted by atomic mass is 10.0. The van der Waals surface area contributed by atoms with Crippen molar-refractivity contribution < 1.29 is 0 Å². The molecule has 0 aromatic heterocycles. The van der Waals surface area contributed by atoms with Gasteiger partial charge in [0.2, 0.25) is 0 Å². The van der Waals surface area contributed by atoms with Crippen molar-refractivity contribution >= 4 is 0 Å². The Balaban J connectivity index is 1.95. The molecule has 0 bridgehead atoms. The molecule has 106 valence electrons. The highest BCUT2D eigenvalue weighted by Crippen LogP contribution is 2.16. The molecular formula is C16H27N3. The third-order valence-corrected chi connectivity index (χ3v) is 3.92. The Morgan fingerprint density at radius 3 is 2.47 bits per heavy atom. The Morgan fingerprint density at radius 2 is 1.89 bits per heavy atom. The maximum absolute atomic E-state index is 3.46. The van der Waals surface area contributed by atoms with Crippen LogP contribution in [-0.2, 0) is 6.42 Å². The molecule has 2 rings (SSSR count). The number of likely N-dealkylation sites (N-methyl/N-ethyl adjacent to an activating group) is 1. The largest absolute Gasteiger partial charge is 0.314 e. The maximum atomic E-state index is 3.46. The Hall–Kier alpha value is -0.900. The van der Waals surface area contributed by atoms with Gasteiger partial charge in [-0.3, -0.25) is 4.90 Å². The molecule has 0 amide bonds. The van der Waals surface area contributed by atoms with Gasteiger partial charge in [-0.15, -0.1) is 0 Å². The number of rotatable bonds is 6. The molecule has 1 aromatic rings. The van der Waals surface area contributed by atoms with E-state index in [1.54, 1.807) is 0 Å². The van der Waals surface area contributed by atoms with Gasteiger partial charge in [0.1, 0.15) is 0 Å². The summed E-state index contributed by atoms with van der Waals surface area (Å²) in [5, 5.41) is 6.86. The minimum Gasteiger partial charge on any atom is -0.314 e. The summed E-state index contributed by atoms with van der Waals surface area (Å²) in [5.74, 6) is 0. The fourth-order valence-electron chi connectivity index (χ4n) is 2.72. The summed E-state index contributed by atoms with van der Waals surface area (Å²) in [7, 11) is 2.06. The lowest BCUT2D eigenvalue weighted by Gasteiger charge is -2.31. The highest BCUT2D eigenvalue weighted by molar-refractivity contribution is 5.25. The zero-order valence-corrected chi connectivity index (χ0v) is 12.3. The highest BCUT2D eigenvalue weighted by atomic mass is 15.2. The molecule has 1 atom stereocenters. The van der Waals surface area contributed by atoms with Crippen molar-refractivity contribution in [1.29, 1.82) is 0 Å². The smallest absolute Gasteiger partial charge is 0.0446 e. The van der Waals surface area contributed by atoms with Gasteiger partial charge in [0.25, 0.3) is 0 Å². The second-order valence-electron chi connectivity index (χ2n) is 5.38. The number of hydrogen-bond donors (Lipinski definition) is 2. The van der Waals surface area contributed by atoms with Gasteiger partial charge >= 0.3 is 0 Å². The summed E-state index contributed by atoms with van der Waals surface area (Å²) in [5.41, 5.74) is 2.85. The van der Waals surface area contributed by atoms with Gasteiger partial charge in [-0.25, -0.2) is 0 Å². The summed E-state index contributed by atoms with van der Waals surface area (Å²) in [6.07, 6.45) is 2.40. The number of nitrogens with zero attached hydrogens (tertiary/aromatic N) is 1. The minimum absolute atomic E-state index is 0.439. The molecule has 0 saturated carbocycles. The number of piperazine rings is 1. The average molecular weight is 261 g/mol. The Morgan fingerprint density at radius 1 is 1.21 bits per heavy atom. The van der Waals surface area contributed by atoms with Gasteiger partial charge in [-0.2, -0.15) is 0 Å². The maximum Gasteiger partial charge on any atom is 0.0446 e. The number of nitrogens with one attached hydrogen (secondary N) is 2. The lowest BCUT2D eigenvalue weighted by molar-refractivity contribution is 0.219. The van der Waals surface area contributed by atoms with Crippen molar-refractivity contribution in [3.05, 3.63) is 35.4 Å². The van der Waals surface area contributed by atoms with Crippen LogP contribution in [0.15, 0.2) is 24.3 Å². The summed E-state index contributed by atoms with van der Waals surface area (Å²) in [4.78, 5) is 2.54. The summed E-state index contributed by atoms with van der Waals surface area (Å²) < 4.78 is 0. The summed E-state index contributed by atoms with van der Waals surface area (Å²) in [6.45, 7) is 7.88. The van der Waals surface area contributed by atoms with Crippen molar-refractivity contribution in [2.45, 2.75) is 25.8 Å². The molecule has 1 aliphatic rings. The van der Waals surface area contributed by atoms with Gasteiger partial charge < -0.3 is 10.6 Å². The molecule has 0 radical (unpaired) electrons. The molecule has 0 aliphatic carbocycles. The first-order valence-corrected chi connectivity index (χ1v) is 7.52. The van der Waals surface area contributed by atoms with Gasteiger partial charge in [0.15, 0.2) is 0 Å². The molecule has 0 spiro atoms. The molecule has 2 N–H and O–H groups in total. The van der Waals surface area contributed by atoms with E-state index in [2.05, 4.69) is 53.8 Å². The summed E-state index contributed by atoms with van der Waals surface area (Å²) >= 11 is 0. The first-order chi connectivity index (χ1) is 9.33. The van der Waals surface area contributed by atoms with E-state index < -0.39 is 0 Å². The predicted octanol–water partition coefficient (Wildman–Crippen LogP) is 1.80. The van der Waals surface area contributed by atoms with Gasteiger partial charge in [-0.05, 0) is 24.6 Å². The first-order valence-electron chi connectivity index (χ1n) is 7.52. The fourth-order valence-corrected chi connectivity index (χ4v) is 2.72. The minimum atomic E-state index is 0.439. The normalized spacial score (nSPS) is 18.4. The van der Waals surface area contributed by atoms with Crippen LogP contribution >= 0.6 is 0 Å². The van der Waals surface area contributed by atoms with Crippen molar-refractivity contribution in [3.63, 3.8) is 0 Å². The van der Waals surface area contributed by atoms with Crippen molar-refractivity contribution in [2.24, 2.45) is 0 Å². The van der Waals surface area contributed by atoms with Crippen LogP contribution in [0.5, 0.6) is 0 Å². The number of benzene rings is 1. The van der Waals surface area contributed by atoms with E-state index >= 15 is 0 Å². The molecule has 3 heteroatoms. The van der Waals surface area contributed by atoms with E-state index in [0.29, 0.717) is 6.04 Å². The zero-order chi connectivity index (χ0) is 13.5. The van der Waals surface area contributed by atoms with Crippen LogP contribution in [0.1, 0.15) is 30.5 Å². The Bertz CT molecular complexity index is 355. The monoisotopic (exact) mass is 261 g/mol. The third-order valence-electron chi connectivity index (χ3n) is 3.92. The van der Waals surface area contributed by atoms with E-state index in [1.165, 1.54) is 24.0 Å². The zero-order valence-electron chi connectivity index (χ0n) is 12.3. The first kappa shape index (κ1) is 14.5. The number of aryl methyl sites for hydroxylation is 1. The van der Waals surface area contributed by atoms with Crippen LogP contribution in [0.2, 0.25) is 0 Å². The van der Waals surface area contributed by atoms with Gasteiger partial charge in [0, 0.05) is 38.8 Å². The van der Waals surface area contributed by atoms with Gasteiger partial charge in [-0.1, -0.05) is 37.6 Å². The third kappa shape index (κ3) is 4.30. The molecule has 1 heterocycles. The molecule has 19 heavy (non-hydrogen) atoms. The lowest BCUT2D eigenvalue weighted by Crippen LogP contribution is -2.46. The van der Waals surface area contributed by atoms with E-state index in [0.717, 1.165) is 32.7 Å². The van der Waals surface area contributed by atoms with Crippen LogP contribution in [0.25, 0.3) is 0 Å². The van der Waals surface area contributed by atoms with Crippen molar-refractivity contribution in [2.75, 3.05) is 39.8 Å². The van der Waals surface area contributed by atoms with Crippen molar-refractivity contribution in [3.8, 4) is 0 Å². The second kappa shape index (κ2) is 7.63. The van der Waals surface area contributed by atoms with Crippen molar-refractivity contribution in [1.82, 2.24) is 15.5 Å². The van der Waals surface area contributed by atoms with Crippen LogP contribution in [0, 0.1) is 0 Å². The van der Waals surface area contributed by atoms with E-state index in [4.69, 9.17) is 0 Å². The SMILES string of the molecule is CCCc1ccc(C(CN2CCNCC2)NC)cc1. The average Bonchev–Trinajstić information content (AvgIpc) is 2.47. The highest BCUT2D eigenvalue weighted by Gasteiger charge is 2.16. The quantitative estimate of drug-likeness (QED) is 0.818. The summed E-state index contributed by atoms with van der Waals surface area (Å²) in [6, 6.07) is 9.57. The Kier molecular flexibility index (Phi) is 5.83. The molecule has 1 aliphatic heterocycles. The topological polar surface area (TPSA) is 27.3 Å².